The highest BCUT2D eigenvalue weighted by Crippen LogP contribution is 2.13. The molecule has 2 rings (SSSR count). The predicted molar refractivity (Wildman–Crippen MR) is 56.3 cm³/mol. The zero-order valence-corrected chi connectivity index (χ0v) is 8.68. The van der Waals surface area contributed by atoms with Crippen molar-refractivity contribution in [1.82, 2.24) is 14.9 Å². The number of hydrogen-bond acceptors (Lipinski definition) is 4. The van der Waals surface area contributed by atoms with Crippen molar-refractivity contribution in [3.8, 4) is 0 Å². The van der Waals surface area contributed by atoms with E-state index in [9.17, 15) is 4.79 Å². The van der Waals surface area contributed by atoms with Crippen LogP contribution in [0.25, 0.3) is 0 Å². The van der Waals surface area contributed by atoms with Gasteiger partial charge in [-0.2, -0.15) is 0 Å². The van der Waals surface area contributed by atoms with Crippen LogP contribution >= 0.6 is 0 Å². The van der Waals surface area contributed by atoms with Gasteiger partial charge in [0.25, 0.3) is 0 Å². The fraction of sp³-hybridized carbons (Fsp3) is 0.500. The predicted octanol–water partition coefficient (Wildman–Crippen LogP) is 0.509. The molecule has 2 heterocycles. The number of nitrogens with zero attached hydrogens (tertiary/aromatic N) is 3. The van der Waals surface area contributed by atoms with Crippen molar-refractivity contribution in [3.63, 3.8) is 0 Å². The van der Waals surface area contributed by atoms with Crippen molar-refractivity contribution in [2.45, 2.75) is 18.9 Å². The van der Waals surface area contributed by atoms with Crippen LogP contribution in [-0.2, 0) is 4.79 Å². The summed E-state index contributed by atoms with van der Waals surface area (Å²) in [6.07, 6.45) is 4.84. The Bertz CT molecular complexity index is 341. The minimum atomic E-state index is 0.163. The van der Waals surface area contributed by atoms with E-state index < -0.39 is 0 Å². The van der Waals surface area contributed by atoms with Gasteiger partial charge in [-0.05, 0) is 12.5 Å². The van der Waals surface area contributed by atoms with Crippen LogP contribution in [0.1, 0.15) is 12.8 Å². The van der Waals surface area contributed by atoms with Crippen LogP contribution in [0, 0.1) is 0 Å². The molecule has 1 N–H and O–H groups in total. The van der Waals surface area contributed by atoms with Gasteiger partial charge in [-0.1, -0.05) is 0 Å². The van der Waals surface area contributed by atoms with Crippen molar-refractivity contribution in [3.05, 3.63) is 18.5 Å². The molecule has 1 amide bonds. The Hall–Kier alpha value is -1.65. The van der Waals surface area contributed by atoms with Crippen LogP contribution in [-0.4, -0.2) is 40.4 Å². The number of anilines is 1. The lowest BCUT2D eigenvalue weighted by Gasteiger charge is -2.29. The molecule has 0 saturated carbocycles. The van der Waals surface area contributed by atoms with Gasteiger partial charge in [-0.3, -0.25) is 4.79 Å². The molecule has 1 aliphatic rings. The molecule has 0 radical (unpaired) electrons. The maximum absolute atomic E-state index is 11.4. The van der Waals surface area contributed by atoms with E-state index in [2.05, 4.69) is 15.3 Å². The van der Waals surface area contributed by atoms with Gasteiger partial charge in [0.1, 0.15) is 0 Å². The quantitative estimate of drug-likeness (QED) is 0.766. The van der Waals surface area contributed by atoms with E-state index in [1.165, 1.54) is 0 Å². The number of carbonyl (C=O) groups excluding carboxylic acids is 1. The van der Waals surface area contributed by atoms with E-state index in [1.54, 1.807) is 23.4 Å². The highest BCUT2D eigenvalue weighted by molar-refractivity contribution is 5.77. The molecule has 1 fully saturated rings. The van der Waals surface area contributed by atoms with Gasteiger partial charge in [0, 0.05) is 38.4 Å². The second-order valence-electron chi connectivity index (χ2n) is 3.72. The molecule has 5 heteroatoms. The zero-order valence-electron chi connectivity index (χ0n) is 8.68. The van der Waals surface area contributed by atoms with Gasteiger partial charge in [0.15, 0.2) is 0 Å². The summed E-state index contributed by atoms with van der Waals surface area (Å²) in [5, 5.41) is 3.16. The largest absolute Gasteiger partial charge is 0.351 e. The van der Waals surface area contributed by atoms with Crippen LogP contribution in [0.4, 0.5) is 5.95 Å². The summed E-state index contributed by atoms with van der Waals surface area (Å²) in [5.41, 5.74) is 0. The molecule has 1 atom stereocenters. The summed E-state index contributed by atoms with van der Waals surface area (Å²) >= 11 is 0. The monoisotopic (exact) mass is 206 g/mol. The van der Waals surface area contributed by atoms with Crippen molar-refractivity contribution in [1.29, 1.82) is 0 Å². The minimum absolute atomic E-state index is 0.163. The molecule has 5 nitrogen and oxygen atoms in total. The number of rotatable bonds is 2. The SMILES string of the molecule is CN1CCC(Nc2ncccn2)CC1=O. The lowest BCUT2D eigenvalue weighted by Crippen LogP contribution is -2.41. The Morgan fingerprint density at radius 3 is 2.87 bits per heavy atom. The summed E-state index contributed by atoms with van der Waals surface area (Å²) in [5.74, 6) is 0.773. The van der Waals surface area contributed by atoms with Gasteiger partial charge in [0.05, 0.1) is 0 Å². The first-order valence-electron chi connectivity index (χ1n) is 5.03. The van der Waals surface area contributed by atoms with Crippen molar-refractivity contribution in [2.75, 3.05) is 18.9 Å². The van der Waals surface area contributed by atoms with Gasteiger partial charge < -0.3 is 10.2 Å². The Labute approximate surface area is 88.5 Å². The first-order chi connectivity index (χ1) is 7.25. The average molecular weight is 206 g/mol. The van der Waals surface area contributed by atoms with E-state index in [4.69, 9.17) is 0 Å². The number of carbonyl (C=O) groups is 1. The molecule has 1 aliphatic heterocycles. The smallest absolute Gasteiger partial charge is 0.224 e. The van der Waals surface area contributed by atoms with E-state index in [1.807, 2.05) is 7.05 Å². The molecule has 15 heavy (non-hydrogen) atoms. The molecule has 0 bridgehead atoms. The summed E-state index contributed by atoms with van der Waals surface area (Å²) in [6, 6.07) is 1.93. The number of likely N-dealkylation sites (tertiary alicyclic amines) is 1. The Balaban J connectivity index is 1.94. The van der Waals surface area contributed by atoms with E-state index in [0.29, 0.717) is 12.4 Å². The zero-order chi connectivity index (χ0) is 10.7. The summed E-state index contributed by atoms with van der Waals surface area (Å²) in [7, 11) is 1.83. The molecule has 80 valence electrons. The van der Waals surface area contributed by atoms with Crippen molar-refractivity contribution < 1.29 is 4.79 Å². The van der Waals surface area contributed by atoms with E-state index >= 15 is 0 Å². The maximum atomic E-state index is 11.4. The Kier molecular flexibility index (Phi) is 2.80. The molecule has 0 aliphatic carbocycles. The first kappa shape index (κ1) is 9.89. The standard InChI is InChI=1S/C10H14N4O/c1-14-6-3-8(7-9(14)15)13-10-11-4-2-5-12-10/h2,4-5,8H,3,6-7H2,1H3,(H,11,12,13). The third-order valence-electron chi connectivity index (χ3n) is 2.56. The molecule has 0 aromatic carbocycles. The van der Waals surface area contributed by atoms with E-state index in [-0.39, 0.29) is 11.9 Å². The minimum Gasteiger partial charge on any atom is -0.351 e. The van der Waals surface area contributed by atoms with Gasteiger partial charge in [-0.15, -0.1) is 0 Å². The number of nitrogens with one attached hydrogen (secondary N) is 1. The van der Waals surface area contributed by atoms with Crippen LogP contribution in [0.2, 0.25) is 0 Å². The molecule has 1 unspecified atom stereocenters. The summed E-state index contributed by atoms with van der Waals surface area (Å²) < 4.78 is 0. The highest BCUT2D eigenvalue weighted by atomic mass is 16.2. The van der Waals surface area contributed by atoms with Crippen LogP contribution < -0.4 is 5.32 Å². The molecular weight excluding hydrogens is 192 g/mol. The average Bonchev–Trinajstić information content (AvgIpc) is 2.25. The Morgan fingerprint density at radius 1 is 1.47 bits per heavy atom. The molecular formula is C10H14N4O. The number of aromatic nitrogens is 2. The normalized spacial score (nSPS) is 21.5. The maximum Gasteiger partial charge on any atom is 0.224 e. The van der Waals surface area contributed by atoms with Crippen LogP contribution in [0.15, 0.2) is 18.5 Å². The van der Waals surface area contributed by atoms with Crippen LogP contribution in [0.5, 0.6) is 0 Å². The van der Waals surface area contributed by atoms with E-state index in [0.717, 1.165) is 13.0 Å². The molecule has 0 spiro atoms. The van der Waals surface area contributed by atoms with Gasteiger partial charge >= 0.3 is 0 Å². The topological polar surface area (TPSA) is 58.1 Å². The van der Waals surface area contributed by atoms with Crippen molar-refractivity contribution in [2.24, 2.45) is 0 Å². The van der Waals surface area contributed by atoms with Gasteiger partial charge in [-0.25, -0.2) is 9.97 Å². The molecule has 1 saturated heterocycles. The van der Waals surface area contributed by atoms with Crippen LogP contribution in [0.3, 0.4) is 0 Å². The second kappa shape index (κ2) is 4.25. The molecule has 1 aromatic rings. The fourth-order valence-electron chi connectivity index (χ4n) is 1.62. The van der Waals surface area contributed by atoms with Crippen molar-refractivity contribution >= 4 is 11.9 Å². The number of hydrogen-bond donors (Lipinski definition) is 1. The number of piperidine rings is 1. The highest BCUT2D eigenvalue weighted by Gasteiger charge is 2.23. The molecule has 1 aromatic heterocycles. The third kappa shape index (κ3) is 2.43. The first-order valence-corrected chi connectivity index (χ1v) is 5.03. The number of amides is 1. The fourth-order valence-corrected chi connectivity index (χ4v) is 1.62. The Morgan fingerprint density at radius 2 is 2.20 bits per heavy atom. The third-order valence-corrected chi connectivity index (χ3v) is 2.56. The van der Waals surface area contributed by atoms with Gasteiger partial charge in [0.2, 0.25) is 11.9 Å². The summed E-state index contributed by atoms with van der Waals surface area (Å²) in [6.45, 7) is 0.795. The second-order valence-corrected chi connectivity index (χ2v) is 3.72. The lowest BCUT2D eigenvalue weighted by atomic mass is 10.1. The lowest BCUT2D eigenvalue weighted by molar-refractivity contribution is -0.132. The summed E-state index contributed by atoms with van der Waals surface area (Å²) in [4.78, 5) is 21.3.